The summed E-state index contributed by atoms with van der Waals surface area (Å²) in [5, 5.41) is 0. The Morgan fingerprint density at radius 3 is 2.32 bits per heavy atom. The first-order valence-electron chi connectivity index (χ1n) is 17.2. The lowest BCUT2D eigenvalue weighted by Gasteiger charge is -2.70. The average molecular weight is 567 g/mol. The molecule has 1 aliphatic heterocycles. The molecule has 5 heteroatoms. The molecule has 1 saturated heterocycles. The van der Waals surface area contributed by atoms with Gasteiger partial charge in [-0.3, -0.25) is 14.5 Å². The van der Waals surface area contributed by atoms with E-state index in [4.69, 9.17) is 4.74 Å². The molecule has 1 heterocycles. The molecular formula is C36H58N2O3. The van der Waals surface area contributed by atoms with Crippen LogP contribution in [0.25, 0.3) is 0 Å². The number of likely N-dealkylation sites (N-methyl/N-ethyl adjacent to an activating group) is 1. The van der Waals surface area contributed by atoms with E-state index in [1.54, 1.807) is 18.1 Å². The summed E-state index contributed by atoms with van der Waals surface area (Å²) < 4.78 is 5.74. The minimum Gasteiger partial charge on any atom is -0.463 e. The number of nitrogens with zero attached hydrogens (tertiary/aromatic N) is 2. The van der Waals surface area contributed by atoms with Gasteiger partial charge in [0.15, 0.2) is 5.78 Å². The van der Waals surface area contributed by atoms with Crippen LogP contribution >= 0.6 is 0 Å². The van der Waals surface area contributed by atoms with Crippen molar-refractivity contribution in [3.8, 4) is 0 Å². The van der Waals surface area contributed by atoms with Crippen LogP contribution in [0.2, 0.25) is 0 Å². The molecule has 4 saturated carbocycles. The van der Waals surface area contributed by atoms with Crippen LogP contribution in [0.5, 0.6) is 0 Å². The molecule has 0 N–H and O–H groups in total. The van der Waals surface area contributed by atoms with E-state index in [0.717, 1.165) is 58.3 Å². The molecule has 0 spiro atoms. The fourth-order valence-electron chi connectivity index (χ4n) is 11.9. The minimum atomic E-state index is -0.209. The Hall–Kier alpha value is -1.20. The third-order valence-electron chi connectivity index (χ3n) is 14.5. The highest BCUT2D eigenvalue weighted by atomic mass is 16.5. The Balaban J connectivity index is 1.30. The van der Waals surface area contributed by atoms with Gasteiger partial charge in [-0.1, -0.05) is 45.8 Å². The van der Waals surface area contributed by atoms with Crippen molar-refractivity contribution in [1.82, 2.24) is 9.80 Å². The second kappa shape index (κ2) is 10.5. The first-order valence-corrected chi connectivity index (χ1v) is 17.2. The third-order valence-corrected chi connectivity index (χ3v) is 14.5. The van der Waals surface area contributed by atoms with Crippen LogP contribution in [0.1, 0.15) is 112 Å². The number of ether oxygens (including phenoxy) is 1. The lowest BCUT2D eigenvalue weighted by atomic mass is 9.34. The van der Waals surface area contributed by atoms with Gasteiger partial charge in [-0.05, 0) is 118 Å². The molecule has 0 aromatic rings. The Morgan fingerprint density at radius 2 is 1.63 bits per heavy atom. The van der Waals surface area contributed by atoms with E-state index in [1.807, 2.05) is 0 Å². The van der Waals surface area contributed by atoms with E-state index in [2.05, 4.69) is 51.5 Å². The molecule has 230 valence electrons. The maximum Gasteiger partial charge on any atom is 0.302 e. The summed E-state index contributed by atoms with van der Waals surface area (Å²) in [6, 6.07) is 0. The topological polar surface area (TPSA) is 49.9 Å². The van der Waals surface area contributed by atoms with E-state index in [-0.39, 0.29) is 22.9 Å². The molecule has 8 atom stereocenters. The second-order valence-corrected chi connectivity index (χ2v) is 16.4. The molecule has 5 nitrogen and oxygen atoms in total. The van der Waals surface area contributed by atoms with Gasteiger partial charge in [0.05, 0.1) is 12.0 Å². The number of esters is 1. The van der Waals surface area contributed by atoms with E-state index >= 15 is 0 Å². The fourth-order valence-corrected chi connectivity index (χ4v) is 11.9. The van der Waals surface area contributed by atoms with Gasteiger partial charge in [-0.2, -0.15) is 0 Å². The highest BCUT2D eigenvalue weighted by Gasteiger charge is 2.68. The van der Waals surface area contributed by atoms with Gasteiger partial charge < -0.3 is 9.64 Å². The number of hydrogen-bond acceptors (Lipinski definition) is 5. The second-order valence-electron chi connectivity index (χ2n) is 16.4. The summed E-state index contributed by atoms with van der Waals surface area (Å²) in [5.41, 5.74) is 3.95. The number of carbonyl (C=O) groups is 2. The third kappa shape index (κ3) is 4.52. The van der Waals surface area contributed by atoms with Gasteiger partial charge in [0.2, 0.25) is 0 Å². The van der Waals surface area contributed by atoms with Crippen LogP contribution in [0, 0.1) is 45.3 Å². The number of Topliss-reactive ketones (excluding diaryl/α,β-unsaturated/α-hetero) is 1. The quantitative estimate of drug-likeness (QED) is 0.268. The van der Waals surface area contributed by atoms with Gasteiger partial charge in [-0.25, -0.2) is 0 Å². The fraction of sp³-hybridized carbons (Fsp3) is 0.889. The zero-order valence-corrected chi connectivity index (χ0v) is 27.3. The highest BCUT2D eigenvalue weighted by Crippen LogP contribution is 2.75. The van der Waals surface area contributed by atoms with E-state index < -0.39 is 0 Å². The molecule has 1 unspecified atom stereocenters. The molecule has 5 aliphatic carbocycles. The van der Waals surface area contributed by atoms with Crippen LogP contribution in [-0.2, 0) is 14.3 Å². The number of allylic oxidation sites excluding steroid dienone is 2. The largest absolute Gasteiger partial charge is 0.463 e. The first kappa shape index (κ1) is 29.9. The van der Waals surface area contributed by atoms with Crippen LogP contribution in [-0.4, -0.2) is 67.4 Å². The highest BCUT2D eigenvalue weighted by molar-refractivity contribution is 5.91. The van der Waals surface area contributed by atoms with Crippen molar-refractivity contribution in [2.24, 2.45) is 45.3 Å². The molecule has 5 fully saturated rings. The van der Waals surface area contributed by atoms with Crippen LogP contribution in [0.15, 0.2) is 11.1 Å². The van der Waals surface area contributed by atoms with Crippen molar-refractivity contribution in [2.75, 3.05) is 39.8 Å². The lowest BCUT2D eigenvalue weighted by Crippen LogP contribution is -2.63. The maximum absolute atomic E-state index is 14.5. The molecule has 0 aromatic carbocycles. The zero-order valence-electron chi connectivity index (χ0n) is 27.3. The Morgan fingerprint density at radius 1 is 0.902 bits per heavy atom. The Labute approximate surface area is 250 Å². The predicted molar refractivity (Wildman–Crippen MR) is 164 cm³/mol. The van der Waals surface area contributed by atoms with Gasteiger partial charge in [0, 0.05) is 33.1 Å². The van der Waals surface area contributed by atoms with Crippen molar-refractivity contribution >= 4 is 11.8 Å². The van der Waals surface area contributed by atoms with Crippen LogP contribution < -0.4 is 0 Å². The maximum atomic E-state index is 14.5. The number of carbonyl (C=O) groups excluding carboxylic acids is 2. The van der Waals surface area contributed by atoms with E-state index in [9.17, 15) is 9.59 Å². The molecule has 6 rings (SSSR count). The smallest absolute Gasteiger partial charge is 0.302 e. The minimum absolute atomic E-state index is 0.112. The van der Waals surface area contributed by atoms with Gasteiger partial charge in [0.1, 0.15) is 6.10 Å². The molecular weight excluding hydrogens is 508 g/mol. The van der Waals surface area contributed by atoms with Crippen molar-refractivity contribution in [1.29, 1.82) is 0 Å². The Bertz CT molecular complexity index is 1090. The predicted octanol–water partition coefficient (Wildman–Crippen LogP) is 6.90. The summed E-state index contributed by atoms with van der Waals surface area (Å²) in [6.07, 6.45) is 12.9. The average Bonchev–Trinajstić information content (AvgIpc) is 3.32. The summed E-state index contributed by atoms with van der Waals surface area (Å²) in [7, 11) is 2.20. The van der Waals surface area contributed by atoms with Gasteiger partial charge in [0.25, 0.3) is 0 Å². The van der Waals surface area contributed by atoms with E-state index in [0.29, 0.717) is 46.8 Å². The standard InChI is InChI=1S/C36H58N2O3/c1-24(2)28-12-15-36(31(40)23-38-20-18-37(7)19-21-38)17-16-34(5)29(32(28)36)8-9-30-33(4)13-11-27(41-25(3)39)22-26(33)10-14-35(30,34)6/h24,26-27,29-30H,8-23H2,1-7H3/t26?,27-,29+,30+,33-,34+,35+,36+/m0/s1. The first-order chi connectivity index (χ1) is 19.3. The molecule has 6 aliphatic rings. The SMILES string of the molecule is CC(=O)O[C@H]1CC[C@@]2(C)C(CC[C@]3(C)[C@@H]2CC[C@@H]2C4=C(C(C)C)CC[C@]4(C(=O)CN4CCN(C)CC4)CC[C@]23C)C1. The summed E-state index contributed by atoms with van der Waals surface area (Å²) in [4.78, 5) is 31.1. The van der Waals surface area contributed by atoms with Crippen molar-refractivity contribution in [3.05, 3.63) is 11.1 Å². The summed E-state index contributed by atoms with van der Waals surface area (Å²) in [5.74, 6) is 2.87. The monoisotopic (exact) mass is 566 g/mol. The molecule has 0 amide bonds. The molecule has 41 heavy (non-hydrogen) atoms. The van der Waals surface area contributed by atoms with Crippen molar-refractivity contribution in [2.45, 2.75) is 118 Å². The lowest BCUT2D eigenvalue weighted by molar-refractivity contribution is -0.203. The number of piperazine rings is 1. The normalized spacial score (nSPS) is 45.1. The number of hydrogen-bond donors (Lipinski definition) is 0. The van der Waals surface area contributed by atoms with Crippen molar-refractivity contribution in [3.63, 3.8) is 0 Å². The molecule has 0 bridgehead atoms. The van der Waals surface area contributed by atoms with Gasteiger partial charge >= 0.3 is 5.97 Å². The molecule has 0 radical (unpaired) electrons. The van der Waals surface area contributed by atoms with E-state index in [1.165, 1.54) is 38.5 Å². The summed E-state index contributed by atoms with van der Waals surface area (Å²) in [6.45, 7) is 19.1. The summed E-state index contributed by atoms with van der Waals surface area (Å²) >= 11 is 0. The molecule has 0 aromatic heterocycles. The number of fused-ring (bicyclic) bond motifs is 7. The van der Waals surface area contributed by atoms with Gasteiger partial charge in [-0.15, -0.1) is 0 Å². The Kier molecular flexibility index (Phi) is 7.62. The van der Waals surface area contributed by atoms with Crippen LogP contribution in [0.4, 0.5) is 0 Å². The van der Waals surface area contributed by atoms with Crippen molar-refractivity contribution < 1.29 is 14.3 Å². The zero-order chi connectivity index (χ0) is 29.4. The number of rotatable bonds is 5. The van der Waals surface area contributed by atoms with Crippen LogP contribution in [0.3, 0.4) is 0 Å². The number of ketones is 1.